The molecule has 0 bridgehead atoms. The van der Waals surface area contributed by atoms with Crippen molar-refractivity contribution in [2.45, 2.75) is 44.0 Å². The van der Waals surface area contributed by atoms with Crippen LogP contribution in [0.5, 0.6) is 0 Å². The zero-order valence-corrected chi connectivity index (χ0v) is 11.3. The van der Waals surface area contributed by atoms with Crippen molar-refractivity contribution in [3.05, 3.63) is 0 Å². The van der Waals surface area contributed by atoms with Crippen LogP contribution in [0.1, 0.15) is 40.0 Å². The molecule has 0 saturated carbocycles. The average Bonchev–Trinajstić information content (AvgIpc) is 1.59. The molecule has 0 N–H and O–H groups in total. The van der Waals surface area contributed by atoms with Crippen LogP contribution in [0.3, 0.4) is 0 Å². The first kappa shape index (κ1) is 12.8. The van der Waals surface area contributed by atoms with E-state index in [0.29, 0.717) is 4.01 Å². The fraction of sp³-hybridized carbons (Fsp3) is 1.00. The van der Waals surface area contributed by atoms with Crippen LogP contribution in [0.25, 0.3) is 0 Å². The fourth-order valence-corrected chi connectivity index (χ4v) is 1.18. The largest absolute Gasteiger partial charge is 1.00 e. The Bertz CT molecular complexity index is 56.4. The molecule has 0 aromatic heterocycles. The zero-order chi connectivity index (χ0) is 6.62. The molecule has 0 radical (unpaired) electrons. The van der Waals surface area contributed by atoms with Crippen molar-refractivity contribution < 1.29 is 35.3 Å². The molecule has 0 aliphatic carbocycles. The second-order valence-corrected chi connectivity index (χ2v) is 7.28. The van der Waals surface area contributed by atoms with Gasteiger partial charge < -0.3 is 17.0 Å². The molecule has 0 nitrogen and oxygen atoms in total. The Labute approximate surface area is 79.2 Å². The minimum atomic E-state index is 0. The molecular weight excluding hydrogens is 229 g/mol. The van der Waals surface area contributed by atoms with E-state index in [1.54, 1.807) is 0 Å². The van der Waals surface area contributed by atoms with E-state index in [1.165, 1.54) is 37.6 Å². The van der Waals surface area contributed by atoms with Gasteiger partial charge in [-0.2, -0.15) is 0 Å². The average molecular weight is 244 g/mol. The summed E-state index contributed by atoms with van der Waals surface area (Å²) in [4.78, 5) is 0. The van der Waals surface area contributed by atoms with Gasteiger partial charge in [0, 0.05) is 0 Å². The summed E-state index contributed by atoms with van der Waals surface area (Å²) in [5.41, 5.74) is 0. The van der Waals surface area contributed by atoms with Gasteiger partial charge in [-0.1, -0.05) is 0 Å². The monoisotopic (exact) mass is 242 g/mol. The summed E-state index contributed by atoms with van der Waals surface area (Å²) in [6.45, 7) is 6.96. The van der Waals surface area contributed by atoms with Gasteiger partial charge in [-0.05, 0) is 0 Å². The van der Waals surface area contributed by atoms with Crippen molar-refractivity contribution >= 4 is 0 Å². The molecule has 9 heavy (non-hydrogen) atoms. The van der Waals surface area contributed by atoms with Crippen LogP contribution < -0.4 is 17.0 Å². The summed E-state index contributed by atoms with van der Waals surface area (Å²) >= 11 is 1.44. The van der Waals surface area contributed by atoms with Crippen LogP contribution in [0.15, 0.2) is 0 Å². The minimum Gasteiger partial charge on any atom is -1.00 e. The molecule has 0 aromatic rings. The third kappa shape index (κ3) is 12.3. The Morgan fingerprint density at radius 1 is 1.33 bits per heavy atom. The smallest absolute Gasteiger partial charge is 1.00 e. The maximum absolute atomic E-state index is 2.35. The molecule has 0 aliphatic rings. The van der Waals surface area contributed by atoms with Crippen molar-refractivity contribution in [3.8, 4) is 0 Å². The molecule has 0 aromatic carbocycles. The van der Waals surface area contributed by atoms with Gasteiger partial charge in [0.2, 0.25) is 0 Å². The second kappa shape index (κ2) is 5.86. The molecule has 0 saturated heterocycles. The molecule has 0 atom stereocenters. The Morgan fingerprint density at radius 2 is 1.78 bits per heavy atom. The van der Waals surface area contributed by atoms with Crippen LogP contribution >= 0.6 is 0 Å². The summed E-state index contributed by atoms with van der Waals surface area (Å²) in [6.07, 6.45) is 4.18. The molecule has 0 spiro atoms. The SMILES string of the molecule is CCCC[C](C)(C)[Zn+].[Br-]. The Balaban J connectivity index is 0. The minimum absolute atomic E-state index is 0. The molecule has 0 aliphatic heterocycles. The summed E-state index contributed by atoms with van der Waals surface area (Å²) in [7, 11) is 0. The van der Waals surface area contributed by atoms with Gasteiger partial charge in [0.15, 0.2) is 0 Å². The molecule has 2 heteroatoms. The van der Waals surface area contributed by atoms with Gasteiger partial charge >= 0.3 is 62.3 Å². The number of unbranched alkanes of at least 4 members (excludes halogenated alkanes) is 1. The van der Waals surface area contributed by atoms with Crippen LogP contribution in [0.4, 0.5) is 0 Å². The van der Waals surface area contributed by atoms with E-state index in [4.69, 9.17) is 0 Å². The van der Waals surface area contributed by atoms with Crippen molar-refractivity contribution in [1.82, 2.24) is 0 Å². The molecule has 52 valence electrons. The number of hydrogen-bond acceptors (Lipinski definition) is 0. The van der Waals surface area contributed by atoms with Gasteiger partial charge in [0.1, 0.15) is 0 Å². The Kier molecular flexibility index (Phi) is 8.30. The number of halogens is 1. The van der Waals surface area contributed by atoms with Crippen LogP contribution in [-0.4, -0.2) is 0 Å². The maximum atomic E-state index is 2.35. The number of hydrogen-bond donors (Lipinski definition) is 0. The van der Waals surface area contributed by atoms with Crippen molar-refractivity contribution in [1.29, 1.82) is 0 Å². The number of rotatable bonds is 3. The van der Waals surface area contributed by atoms with Gasteiger partial charge in [-0.15, -0.1) is 0 Å². The summed E-state index contributed by atoms with van der Waals surface area (Å²) in [5, 5.41) is 0. The van der Waals surface area contributed by atoms with Crippen molar-refractivity contribution in [2.75, 3.05) is 0 Å². The van der Waals surface area contributed by atoms with Gasteiger partial charge in [-0.25, -0.2) is 0 Å². The van der Waals surface area contributed by atoms with Crippen LogP contribution in [-0.2, 0) is 18.3 Å². The van der Waals surface area contributed by atoms with Crippen molar-refractivity contribution in [2.24, 2.45) is 0 Å². The standard InChI is InChI=1S/C7H15.BrH.Zn/c1-4-5-6-7(2)3;;/h4-6H2,1-3H3;1H;/q;;+1/p-1. The predicted molar refractivity (Wildman–Crippen MR) is 33.6 cm³/mol. The molecule has 0 rings (SSSR count). The van der Waals surface area contributed by atoms with Crippen LogP contribution in [0, 0.1) is 0 Å². The topological polar surface area (TPSA) is 0 Å². The van der Waals surface area contributed by atoms with E-state index in [0.717, 1.165) is 0 Å². The zero-order valence-electron chi connectivity index (χ0n) is 6.71. The first-order valence-corrected chi connectivity index (χ1v) is 4.90. The Morgan fingerprint density at radius 3 is 1.89 bits per heavy atom. The van der Waals surface area contributed by atoms with E-state index < -0.39 is 0 Å². The van der Waals surface area contributed by atoms with Crippen molar-refractivity contribution in [3.63, 3.8) is 0 Å². The third-order valence-electron chi connectivity index (χ3n) is 1.21. The van der Waals surface area contributed by atoms with E-state index in [1.807, 2.05) is 0 Å². The second-order valence-electron chi connectivity index (χ2n) is 3.27. The van der Waals surface area contributed by atoms with E-state index in [2.05, 4.69) is 20.8 Å². The molecule has 0 amide bonds. The normalized spacial score (nSPS) is 10.8. The first-order chi connectivity index (χ1) is 3.56. The van der Waals surface area contributed by atoms with E-state index >= 15 is 0 Å². The quantitative estimate of drug-likeness (QED) is 0.610. The maximum Gasteiger partial charge on any atom is -1.00 e. The molecular formula is C7H15BrZn. The molecule has 0 unspecified atom stereocenters. The van der Waals surface area contributed by atoms with E-state index in [-0.39, 0.29) is 17.0 Å². The molecule has 0 fully saturated rings. The molecule has 0 heterocycles. The van der Waals surface area contributed by atoms with Gasteiger partial charge in [0.05, 0.1) is 0 Å². The van der Waals surface area contributed by atoms with Gasteiger partial charge in [-0.3, -0.25) is 0 Å². The predicted octanol–water partition coefficient (Wildman–Crippen LogP) is -0.0741. The Hall–Kier alpha value is 1.10. The third-order valence-corrected chi connectivity index (χ3v) is 1.95. The first-order valence-electron chi connectivity index (χ1n) is 3.41. The summed E-state index contributed by atoms with van der Waals surface area (Å²) in [6, 6.07) is 0. The summed E-state index contributed by atoms with van der Waals surface area (Å²) < 4.78 is 0.677. The van der Waals surface area contributed by atoms with Crippen LogP contribution in [0.2, 0.25) is 4.01 Å². The van der Waals surface area contributed by atoms with Gasteiger partial charge in [0.25, 0.3) is 0 Å². The fourth-order valence-electron chi connectivity index (χ4n) is 0.655. The summed E-state index contributed by atoms with van der Waals surface area (Å²) in [5.74, 6) is 0. The van der Waals surface area contributed by atoms with E-state index in [9.17, 15) is 0 Å².